The van der Waals surface area contributed by atoms with Crippen molar-refractivity contribution in [2.24, 2.45) is 54.1 Å². The van der Waals surface area contributed by atoms with Crippen molar-refractivity contribution < 1.29 is 115 Å². The van der Waals surface area contributed by atoms with Gasteiger partial charge in [0, 0.05) is 113 Å². The summed E-state index contributed by atoms with van der Waals surface area (Å²) >= 11 is 12.4. The Morgan fingerprint density at radius 3 is 1.59 bits per heavy atom. The molecule has 2 fully saturated rings. The zero-order chi connectivity index (χ0) is 108. The minimum absolute atomic E-state index is 0.0200. The first-order chi connectivity index (χ1) is 70.0. The minimum atomic E-state index is -1.67. The molecule has 9 atom stereocenters. The van der Waals surface area contributed by atoms with Crippen LogP contribution in [-0.4, -0.2) is 262 Å². The van der Waals surface area contributed by atoms with E-state index in [9.17, 15) is 86.9 Å². The molecular formula is C100H139ClI3N23O20. The molecule has 0 radical (unpaired) electrons. The Balaban J connectivity index is 0.000000459. The standard InChI is InChI=1S/C60H88N18O16.C40H50ClN5O4.I3/c61-36(51(87)67-26-10-8-18-39-53(89)73-37(19-11-27-68-59(62)63)45(79)22-24-47(81)71-43(31-49(83)84)57(93)77-41(55(91)75-39)29-34-13-3-1-4-14-34)21-23-46(80)66-25-9-7-17-40-54(90)74-38(20-12-28-69-60(64)65)52(88)70-33-48(82)72-44(32-50(85)86)58(94)78-42(56(92)76-40)30-35-15-5-2-6-16-35;1-39(2)30-14-12-24-45(22-10-6-8-16-34(47)48)37(30)42-32(39)20-18-28-26-44(5)27-29(36(28)41)19-21-33-40(3,4)31-15-13-25-46(38(31)43-33)23-11-7-9-17-35(49)50;1-3-2/h1-6,13-16,36-44H,7-12,17-33,61H2,(H,66,80)(H,67,87)(H,70,88)(H,71,81)(H,72,82)(H,73,89)(H,74,90)(H,75,91)(H,76,92)(H,77,93)(H,78,94)(H,83,84)(H,85,86)(H4,62,63,68)(H4,64,65,69);12-15,18-21,24-25H,6-11,16-17,22-23,26-27H2,1-5H3,(H-,47,48,49,50);/q;;-1/p+1/t36?,37-,38-,39-,40-,41+,42+,43-,44-;;/m1../s1. The number of nitrogens with zero attached hydrogens (tertiary/aromatic N) is 7. The van der Waals surface area contributed by atoms with Crippen molar-refractivity contribution >= 4 is 173 Å². The second kappa shape index (κ2) is 62.8. The van der Waals surface area contributed by atoms with Crippen LogP contribution in [0.1, 0.15) is 198 Å². The molecular weight excluding hydrogens is 2260 g/mol. The summed E-state index contributed by atoms with van der Waals surface area (Å²) in [6.45, 7) is 11.4. The molecule has 25 N–H and O–H groups in total. The molecule has 9 rings (SSSR count). The van der Waals surface area contributed by atoms with Gasteiger partial charge in [-0.15, -0.1) is 0 Å². The van der Waals surface area contributed by atoms with Crippen LogP contribution in [0.2, 0.25) is 0 Å². The van der Waals surface area contributed by atoms with Crippen molar-refractivity contribution in [2.75, 3.05) is 59.4 Å². The van der Waals surface area contributed by atoms with Gasteiger partial charge in [-0.1, -0.05) is 111 Å². The number of allylic oxidation sites excluding steroid dienone is 6. The maximum atomic E-state index is 14.2. The molecule has 1 unspecified atom stereocenters. The number of aliphatic carboxylic acids is 4. The van der Waals surface area contributed by atoms with Gasteiger partial charge in [-0.3, -0.25) is 91.6 Å². The van der Waals surface area contributed by atoms with Crippen LogP contribution < -0.4 is 105 Å². The summed E-state index contributed by atoms with van der Waals surface area (Å²) in [5.74, 6) is -12.4. The number of amides is 11. The van der Waals surface area contributed by atoms with Crippen LogP contribution in [0.15, 0.2) is 169 Å². The summed E-state index contributed by atoms with van der Waals surface area (Å²) in [7, 11) is 2.10. The first kappa shape index (κ1) is 122. The molecule has 802 valence electrons. The molecule has 147 heavy (non-hydrogen) atoms. The first-order valence-corrected chi connectivity index (χ1v) is 61.9. The summed E-state index contributed by atoms with van der Waals surface area (Å²) < 4.78 is 2.19. The third-order valence-corrected chi connectivity index (χ3v) is 25.4. The molecule has 2 aromatic carbocycles. The number of carbonyl (C=O) groups is 16. The van der Waals surface area contributed by atoms with Crippen LogP contribution in [0, 0.1) is 5.41 Å². The molecule has 6 aliphatic heterocycles. The fraction of sp³-hybridized carbons (Fsp3) is 0.510. The van der Waals surface area contributed by atoms with Crippen molar-refractivity contribution in [2.45, 2.75) is 261 Å². The summed E-state index contributed by atoms with van der Waals surface area (Å²) in [6.07, 6.45) is 20.1. The maximum Gasteiger partial charge on any atom is 0.305 e. The van der Waals surface area contributed by atoms with E-state index in [-0.39, 0.29) is 152 Å². The Kier molecular flexibility index (Phi) is 52.1. The summed E-state index contributed by atoms with van der Waals surface area (Å²) in [5, 5.41) is 65.9. The number of fused-ring (bicyclic) bond motifs is 2. The number of nitrogens with one attached hydrogen (secondary N) is 11. The van der Waals surface area contributed by atoms with E-state index < -0.39 is 181 Å². The third-order valence-electron chi connectivity index (χ3n) is 25.0. The Labute approximate surface area is 889 Å². The predicted molar refractivity (Wildman–Crippen MR) is 566 cm³/mol. The van der Waals surface area contributed by atoms with E-state index in [0.29, 0.717) is 37.2 Å². The number of Topliss-reactive ketones (excluding diaryl/α,β-unsaturated/α-hetero) is 1. The molecule has 6 aliphatic rings. The number of amidine groups is 1. The molecule has 0 bridgehead atoms. The smallest absolute Gasteiger partial charge is 0.305 e. The Bertz CT molecular complexity index is 5450. The van der Waals surface area contributed by atoms with Crippen LogP contribution >= 0.6 is 48.8 Å². The second-order valence-electron chi connectivity index (χ2n) is 37.3. The SMILES string of the molecule is CN1CC(/C=C/C2=Nc3c(ccc[n+]3CCCCCC(=O)O)C2(C)C)=C(Cl)C(=C/C=C2/N=C3C(=CC=CN3CCCCCC(=O)O)C2(C)C)/C1.I[I-]I.NC(N)=NCCC[C@H]1NC(=O)[C@@H](CCCCNC(=O)C(N)CCC(=O)NCCCC[C@H]2NC(=O)[C@H](Cc3ccccc3)NC(=O)[C@@H](CC(=O)O)NC(=O)CNC(=O)[C@@H](CCCN=C(N)N)NC2=O)NC(=O)[C@H](Cc2ccccc2)NC(=O)[C@@H](CC(=O)O)NC(=O)CCC1=O. The number of hydrogen-bond acceptors (Lipinski definition) is 23. The summed E-state index contributed by atoms with van der Waals surface area (Å²) in [5.41, 5.74) is 35.0. The van der Waals surface area contributed by atoms with Gasteiger partial charge in [-0.05, 0) is 181 Å². The average Bonchev–Trinajstić information content (AvgIpc) is 1.61. The minimum Gasteiger partial charge on any atom is -0.481 e. The Hall–Kier alpha value is -12.2. The van der Waals surface area contributed by atoms with E-state index in [1.165, 1.54) is 11.1 Å². The summed E-state index contributed by atoms with van der Waals surface area (Å²) in [4.78, 5) is 231. The third kappa shape index (κ3) is 42.2. The van der Waals surface area contributed by atoms with Gasteiger partial charge in [0.25, 0.3) is 0 Å². The number of halogens is 4. The van der Waals surface area contributed by atoms with Crippen LogP contribution in [0.3, 0.4) is 0 Å². The maximum absolute atomic E-state index is 14.2. The molecule has 1 aromatic heterocycles. The van der Waals surface area contributed by atoms with Gasteiger partial charge < -0.3 is 112 Å². The normalized spacial score (nSPS) is 21.2. The monoisotopic (exact) mass is 2400 g/mol. The number of carboxylic acids is 4. The molecule has 11 amide bonds. The molecule has 0 aliphatic carbocycles. The number of unbranched alkanes of at least 4 members (excludes halogenated alkanes) is 6. The van der Waals surface area contributed by atoms with Gasteiger partial charge in [0.05, 0.1) is 60.9 Å². The van der Waals surface area contributed by atoms with Gasteiger partial charge >= 0.3 is 80.2 Å². The largest absolute Gasteiger partial charge is 0.481 e. The van der Waals surface area contributed by atoms with Gasteiger partial charge in [0.1, 0.15) is 48.1 Å². The number of aromatic nitrogens is 1. The van der Waals surface area contributed by atoms with Crippen LogP contribution in [0.4, 0.5) is 5.82 Å². The van der Waals surface area contributed by atoms with Crippen molar-refractivity contribution in [1.82, 2.24) is 68.3 Å². The van der Waals surface area contributed by atoms with Crippen molar-refractivity contribution in [1.29, 1.82) is 0 Å². The van der Waals surface area contributed by atoms with Gasteiger partial charge in [-0.25, -0.2) is 9.56 Å². The number of carbonyl (C=O) groups excluding carboxylic acids is 12. The van der Waals surface area contributed by atoms with E-state index in [2.05, 4.69) is 216 Å². The zero-order valence-corrected chi connectivity index (χ0v) is 90.6. The van der Waals surface area contributed by atoms with Crippen molar-refractivity contribution in [3.63, 3.8) is 0 Å². The Morgan fingerprint density at radius 2 is 1.05 bits per heavy atom. The van der Waals surface area contributed by atoms with Crippen molar-refractivity contribution in [3.05, 3.63) is 166 Å². The number of carboxylic acid groups (broad SMARTS) is 4. The second-order valence-corrected chi connectivity index (χ2v) is 54.0. The predicted octanol–water partition coefficient (Wildman–Crippen LogP) is 0.982. The number of benzene rings is 2. The number of aryl methyl sites for hydroxylation is 1. The zero-order valence-electron chi connectivity index (χ0n) is 83.3. The number of nitrogens with two attached hydrogens (primary N) is 5. The van der Waals surface area contributed by atoms with E-state index >= 15 is 0 Å². The first-order valence-electron chi connectivity index (χ1n) is 49.0. The molecule has 43 nitrogen and oxygen atoms in total. The summed E-state index contributed by atoms with van der Waals surface area (Å²) in [6, 6.07) is 8.76. The average molecular weight is 2400 g/mol. The molecule has 0 spiro atoms. The number of pyridine rings is 1. The fourth-order valence-electron chi connectivity index (χ4n) is 16.9. The molecule has 0 saturated carbocycles. The molecule has 47 heteroatoms. The number of hydrogen-bond donors (Lipinski definition) is 20. The van der Waals surface area contributed by atoms with Gasteiger partial charge in [-0.2, -0.15) is 0 Å². The van der Waals surface area contributed by atoms with Crippen LogP contribution in [0.5, 0.6) is 0 Å². The van der Waals surface area contributed by atoms with E-state index in [4.69, 9.17) is 60.5 Å². The van der Waals surface area contributed by atoms with Crippen molar-refractivity contribution in [3.8, 4) is 0 Å². The van der Waals surface area contributed by atoms with Gasteiger partial charge in [0.15, 0.2) is 23.4 Å². The Morgan fingerprint density at radius 1 is 0.551 bits per heavy atom. The van der Waals surface area contributed by atoms with E-state index in [1.54, 1.807) is 60.7 Å². The number of guanidine groups is 2. The molecule has 3 aromatic rings. The van der Waals surface area contributed by atoms with Crippen LogP contribution in [-0.2, 0) is 102 Å². The quantitative estimate of drug-likeness (QED) is 0.0123. The number of likely N-dealkylation sites (N-methyl/N-ethyl adjacent to an activating group) is 1. The van der Waals surface area contributed by atoms with E-state index in [1.807, 2.05) is 0 Å². The number of ketones is 1. The topological polar surface area (TPSA) is 676 Å². The van der Waals surface area contributed by atoms with Crippen LogP contribution in [0.25, 0.3) is 0 Å². The van der Waals surface area contributed by atoms with Gasteiger partial charge in [0.2, 0.25) is 65.0 Å². The molecule has 7 heterocycles. The fourth-order valence-corrected chi connectivity index (χ4v) is 17.1. The number of rotatable bonds is 45. The molecule has 2 saturated heterocycles. The number of aliphatic imine (C=N–C) groups is 4. The van der Waals surface area contributed by atoms with E-state index in [0.717, 1.165) is 91.1 Å².